The van der Waals surface area contributed by atoms with Gasteiger partial charge in [0.1, 0.15) is 5.75 Å². The van der Waals surface area contributed by atoms with E-state index >= 15 is 0 Å². The van der Waals surface area contributed by atoms with Gasteiger partial charge in [-0.15, -0.1) is 0 Å². The standard InChI is InChI=1S/C17H24N2OS/c1-10(2)9-19-16(21)18-15-12(4)17(19,5)20-14-7-6-11(3)8-13(14)15/h6-8,10,12,15H,9H2,1-5H3,(H,18,21). The van der Waals surface area contributed by atoms with Crippen LogP contribution in [0.2, 0.25) is 0 Å². The zero-order chi connectivity index (χ0) is 15.4. The minimum atomic E-state index is -0.375. The summed E-state index contributed by atoms with van der Waals surface area (Å²) in [6, 6.07) is 6.64. The van der Waals surface area contributed by atoms with Gasteiger partial charge in [0.25, 0.3) is 0 Å². The minimum Gasteiger partial charge on any atom is -0.467 e. The molecule has 3 atom stereocenters. The van der Waals surface area contributed by atoms with Crippen LogP contribution in [0.15, 0.2) is 18.2 Å². The van der Waals surface area contributed by atoms with E-state index < -0.39 is 0 Å². The number of rotatable bonds is 2. The van der Waals surface area contributed by atoms with Gasteiger partial charge in [0.15, 0.2) is 10.8 Å². The highest BCUT2D eigenvalue weighted by Gasteiger charge is 2.53. The molecule has 0 aromatic heterocycles. The van der Waals surface area contributed by atoms with Crippen LogP contribution in [0.4, 0.5) is 0 Å². The third-order valence-electron chi connectivity index (χ3n) is 4.77. The number of nitrogens with one attached hydrogen (secondary N) is 1. The number of benzene rings is 1. The molecule has 21 heavy (non-hydrogen) atoms. The van der Waals surface area contributed by atoms with Gasteiger partial charge in [-0.05, 0) is 38.0 Å². The largest absolute Gasteiger partial charge is 0.467 e. The summed E-state index contributed by atoms with van der Waals surface area (Å²) in [7, 11) is 0. The van der Waals surface area contributed by atoms with Crippen LogP contribution in [0.25, 0.3) is 0 Å². The molecule has 1 saturated heterocycles. The van der Waals surface area contributed by atoms with Crippen LogP contribution in [-0.4, -0.2) is 22.3 Å². The molecule has 4 heteroatoms. The first-order valence-corrected chi connectivity index (χ1v) is 8.11. The highest BCUT2D eigenvalue weighted by atomic mass is 32.1. The molecule has 1 N–H and O–H groups in total. The second-order valence-corrected chi connectivity index (χ2v) is 7.30. The lowest BCUT2D eigenvalue weighted by molar-refractivity contribution is -0.113. The summed E-state index contributed by atoms with van der Waals surface area (Å²) >= 11 is 5.62. The molecule has 1 aromatic carbocycles. The van der Waals surface area contributed by atoms with E-state index in [2.05, 4.69) is 63.0 Å². The predicted octanol–water partition coefficient (Wildman–Crippen LogP) is 3.63. The van der Waals surface area contributed by atoms with Crippen molar-refractivity contribution in [3.8, 4) is 5.75 Å². The molecule has 3 rings (SSSR count). The topological polar surface area (TPSA) is 24.5 Å². The van der Waals surface area contributed by atoms with E-state index in [1.807, 2.05) is 0 Å². The molecule has 0 aliphatic carbocycles. The molecular weight excluding hydrogens is 280 g/mol. The van der Waals surface area contributed by atoms with Gasteiger partial charge in [0.2, 0.25) is 0 Å². The van der Waals surface area contributed by atoms with Gasteiger partial charge in [-0.2, -0.15) is 0 Å². The van der Waals surface area contributed by atoms with Gasteiger partial charge in [-0.1, -0.05) is 38.5 Å². The fourth-order valence-electron chi connectivity index (χ4n) is 3.44. The van der Waals surface area contributed by atoms with Crippen molar-refractivity contribution in [1.82, 2.24) is 10.2 Å². The summed E-state index contributed by atoms with van der Waals surface area (Å²) in [6.07, 6.45) is 0. The fraction of sp³-hybridized carbons (Fsp3) is 0.588. The summed E-state index contributed by atoms with van der Waals surface area (Å²) in [5.74, 6) is 1.85. The summed E-state index contributed by atoms with van der Waals surface area (Å²) in [5, 5.41) is 4.35. The van der Waals surface area contributed by atoms with Gasteiger partial charge in [0.05, 0.1) is 6.04 Å². The first-order chi connectivity index (χ1) is 9.83. The SMILES string of the molecule is Cc1ccc2c(c1)C1NC(=S)N(CC(C)C)C(C)(O2)C1C. The molecule has 0 amide bonds. The Morgan fingerprint density at radius 3 is 2.81 bits per heavy atom. The number of hydrogen-bond acceptors (Lipinski definition) is 2. The summed E-state index contributed by atoms with van der Waals surface area (Å²) in [6.45, 7) is 11.9. The number of fused-ring (bicyclic) bond motifs is 4. The summed E-state index contributed by atoms with van der Waals surface area (Å²) in [4.78, 5) is 2.22. The van der Waals surface area contributed by atoms with Crippen molar-refractivity contribution in [2.75, 3.05) is 6.54 Å². The Bertz CT molecular complexity index is 586. The Labute approximate surface area is 132 Å². The molecule has 0 saturated carbocycles. The van der Waals surface area contributed by atoms with Crippen LogP contribution >= 0.6 is 12.2 Å². The van der Waals surface area contributed by atoms with E-state index in [1.165, 1.54) is 11.1 Å². The van der Waals surface area contributed by atoms with E-state index in [-0.39, 0.29) is 11.8 Å². The molecule has 1 fully saturated rings. The first-order valence-electron chi connectivity index (χ1n) is 7.70. The van der Waals surface area contributed by atoms with Crippen LogP contribution in [0.3, 0.4) is 0 Å². The van der Waals surface area contributed by atoms with Crippen molar-refractivity contribution < 1.29 is 4.74 Å². The minimum absolute atomic E-state index is 0.231. The molecule has 2 bridgehead atoms. The lowest BCUT2D eigenvalue weighted by Gasteiger charge is -2.56. The normalized spacial score (nSPS) is 30.8. The Morgan fingerprint density at radius 2 is 2.14 bits per heavy atom. The number of aryl methyl sites for hydroxylation is 1. The van der Waals surface area contributed by atoms with Crippen molar-refractivity contribution in [2.24, 2.45) is 11.8 Å². The van der Waals surface area contributed by atoms with Crippen molar-refractivity contribution in [3.05, 3.63) is 29.3 Å². The molecule has 0 spiro atoms. The average Bonchev–Trinajstić information content (AvgIpc) is 2.40. The molecule has 2 heterocycles. The Hall–Kier alpha value is -1.29. The second kappa shape index (κ2) is 4.87. The van der Waals surface area contributed by atoms with Crippen molar-refractivity contribution in [2.45, 2.75) is 46.4 Å². The quantitative estimate of drug-likeness (QED) is 0.843. The van der Waals surface area contributed by atoms with E-state index in [0.717, 1.165) is 17.4 Å². The first kappa shape index (κ1) is 14.6. The van der Waals surface area contributed by atoms with Gasteiger partial charge in [-0.25, -0.2) is 0 Å². The average molecular weight is 304 g/mol. The van der Waals surface area contributed by atoms with Gasteiger partial charge < -0.3 is 15.0 Å². The maximum atomic E-state index is 6.44. The number of ether oxygens (including phenoxy) is 1. The van der Waals surface area contributed by atoms with Gasteiger partial charge in [-0.3, -0.25) is 0 Å². The molecule has 0 radical (unpaired) electrons. The zero-order valence-corrected chi connectivity index (χ0v) is 14.3. The molecular formula is C17H24N2OS. The van der Waals surface area contributed by atoms with Crippen LogP contribution in [0, 0.1) is 18.8 Å². The smallest absolute Gasteiger partial charge is 0.186 e. The van der Waals surface area contributed by atoms with Crippen LogP contribution < -0.4 is 10.1 Å². The molecule has 3 nitrogen and oxygen atoms in total. The maximum absolute atomic E-state index is 6.44. The third kappa shape index (κ3) is 2.20. The summed E-state index contributed by atoms with van der Waals surface area (Å²) < 4.78 is 6.44. The van der Waals surface area contributed by atoms with Crippen molar-refractivity contribution >= 4 is 17.3 Å². The van der Waals surface area contributed by atoms with Crippen molar-refractivity contribution in [3.63, 3.8) is 0 Å². The second-order valence-electron chi connectivity index (χ2n) is 6.92. The number of nitrogens with zero attached hydrogens (tertiary/aromatic N) is 1. The maximum Gasteiger partial charge on any atom is 0.186 e. The van der Waals surface area contributed by atoms with Crippen molar-refractivity contribution in [1.29, 1.82) is 0 Å². The fourth-order valence-corrected chi connectivity index (χ4v) is 3.83. The van der Waals surface area contributed by atoms with Gasteiger partial charge >= 0.3 is 0 Å². The van der Waals surface area contributed by atoms with E-state index in [0.29, 0.717) is 11.8 Å². The van der Waals surface area contributed by atoms with E-state index in [9.17, 15) is 0 Å². The molecule has 1 aromatic rings. The zero-order valence-electron chi connectivity index (χ0n) is 13.4. The third-order valence-corrected chi connectivity index (χ3v) is 5.11. The molecule has 2 aliphatic heterocycles. The van der Waals surface area contributed by atoms with Crippen LogP contribution in [0.5, 0.6) is 5.75 Å². The van der Waals surface area contributed by atoms with E-state index in [1.54, 1.807) is 0 Å². The van der Waals surface area contributed by atoms with Crippen LogP contribution in [0.1, 0.15) is 44.9 Å². The highest BCUT2D eigenvalue weighted by molar-refractivity contribution is 7.80. The number of thiocarbonyl (C=S) groups is 1. The molecule has 2 aliphatic rings. The lowest BCUT2D eigenvalue weighted by atomic mass is 9.80. The Morgan fingerprint density at radius 1 is 1.43 bits per heavy atom. The Balaban J connectivity index is 2.07. The summed E-state index contributed by atoms with van der Waals surface area (Å²) in [5.41, 5.74) is 2.11. The lowest BCUT2D eigenvalue weighted by Crippen LogP contribution is -2.69. The van der Waals surface area contributed by atoms with Gasteiger partial charge in [0, 0.05) is 18.0 Å². The predicted molar refractivity (Wildman–Crippen MR) is 89.4 cm³/mol. The molecule has 3 unspecified atom stereocenters. The Kier molecular flexibility index (Phi) is 3.40. The highest BCUT2D eigenvalue weighted by Crippen LogP contribution is 2.48. The molecule has 114 valence electrons. The van der Waals surface area contributed by atoms with E-state index in [4.69, 9.17) is 17.0 Å². The van der Waals surface area contributed by atoms with Crippen LogP contribution in [-0.2, 0) is 0 Å². The monoisotopic (exact) mass is 304 g/mol. The number of hydrogen-bond donors (Lipinski definition) is 1.